The SMILES string of the molecule is CN(C)CCOC(=O)C(CNCOC(=O)c1cccs1)c1ccccc1. The molecule has 2 aromatic rings. The Balaban J connectivity index is 1.85. The molecule has 6 nitrogen and oxygen atoms in total. The molecular formula is C19H24N2O4S. The van der Waals surface area contributed by atoms with Gasteiger partial charge in [0.2, 0.25) is 0 Å². The van der Waals surface area contributed by atoms with E-state index in [4.69, 9.17) is 9.47 Å². The molecule has 1 aromatic heterocycles. The molecule has 0 fully saturated rings. The van der Waals surface area contributed by atoms with Gasteiger partial charge in [0.1, 0.15) is 18.2 Å². The van der Waals surface area contributed by atoms with Gasteiger partial charge in [0.15, 0.2) is 0 Å². The van der Waals surface area contributed by atoms with E-state index in [0.29, 0.717) is 24.6 Å². The third-order valence-electron chi connectivity index (χ3n) is 3.65. The van der Waals surface area contributed by atoms with Crippen molar-refractivity contribution in [1.29, 1.82) is 0 Å². The molecule has 1 aromatic carbocycles. The van der Waals surface area contributed by atoms with Gasteiger partial charge in [0, 0.05) is 13.1 Å². The third kappa shape index (κ3) is 6.59. The van der Waals surface area contributed by atoms with Crippen molar-refractivity contribution in [2.24, 2.45) is 0 Å². The number of hydrogen-bond donors (Lipinski definition) is 1. The summed E-state index contributed by atoms with van der Waals surface area (Å²) >= 11 is 1.33. The monoisotopic (exact) mass is 376 g/mol. The van der Waals surface area contributed by atoms with Crippen molar-refractivity contribution < 1.29 is 19.1 Å². The van der Waals surface area contributed by atoms with Gasteiger partial charge in [-0.1, -0.05) is 36.4 Å². The van der Waals surface area contributed by atoms with E-state index in [2.05, 4.69) is 5.32 Å². The summed E-state index contributed by atoms with van der Waals surface area (Å²) in [4.78, 5) is 26.8. The molecule has 1 unspecified atom stereocenters. The summed E-state index contributed by atoms with van der Waals surface area (Å²) in [5, 5.41) is 4.83. The van der Waals surface area contributed by atoms with E-state index in [1.54, 1.807) is 12.1 Å². The zero-order valence-corrected chi connectivity index (χ0v) is 15.8. The molecule has 0 bridgehead atoms. The number of esters is 2. The lowest BCUT2D eigenvalue weighted by Crippen LogP contribution is -2.31. The Morgan fingerprint density at radius 3 is 2.54 bits per heavy atom. The molecule has 1 heterocycles. The van der Waals surface area contributed by atoms with Gasteiger partial charge >= 0.3 is 11.9 Å². The minimum atomic E-state index is -0.459. The van der Waals surface area contributed by atoms with Gasteiger partial charge in [-0.2, -0.15) is 0 Å². The molecule has 0 saturated carbocycles. The number of thiophene rings is 1. The predicted octanol–water partition coefficient (Wildman–Crippen LogP) is 2.34. The van der Waals surface area contributed by atoms with Crippen LogP contribution < -0.4 is 5.32 Å². The number of carbonyl (C=O) groups excluding carboxylic acids is 2. The number of ether oxygens (including phenoxy) is 2. The summed E-state index contributed by atoms with van der Waals surface area (Å²) < 4.78 is 10.5. The fourth-order valence-corrected chi connectivity index (χ4v) is 2.85. The van der Waals surface area contributed by atoms with Gasteiger partial charge in [-0.15, -0.1) is 11.3 Å². The Morgan fingerprint density at radius 2 is 1.88 bits per heavy atom. The van der Waals surface area contributed by atoms with E-state index in [1.165, 1.54) is 11.3 Å². The molecule has 0 aliphatic heterocycles. The highest BCUT2D eigenvalue weighted by Crippen LogP contribution is 2.16. The molecule has 0 aliphatic rings. The van der Waals surface area contributed by atoms with Crippen LogP contribution in [0.4, 0.5) is 0 Å². The van der Waals surface area contributed by atoms with Gasteiger partial charge in [0.25, 0.3) is 0 Å². The summed E-state index contributed by atoms with van der Waals surface area (Å²) in [6.07, 6.45) is 0. The van der Waals surface area contributed by atoms with Gasteiger partial charge in [0.05, 0.1) is 5.92 Å². The van der Waals surface area contributed by atoms with Crippen LogP contribution in [0.5, 0.6) is 0 Å². The van der Waals surface area contributed by atoms with Crippen LogP contribution in [0.2, 0.25) is 0 Å². The number of nitrogens with zero attached hydrogens (tertiary/aromatic N) is 1. The molecule has 1 N–H and O–H groups in total. The van der Waals surface area contributed by atoms with Crippen molar-refractivity contribution in [2.45, 2.75) is 5.92 Å². The Bertz CT molecular complexity index is 674. The smallest absolute Gasteiger partial charge is 0.349 e. The summed E-state index contributed by atoms with van der Waals surface area (Å²) in [5.41, 5.74) is 0.861. The molecule has 2 rings (SSSR count). The lowest BCUT2D eigenvalue weighted by atomic mass is 9.99. The standard InChI is InChI=1S/C19H24N2O4S/c1-21(2)10-11-24-18(22)16(15-7-4-3-5-8-15)13-20-14-25-19(23)17-9-6-12-26-17/h3-9,12,16,20H,10-11,13-14H2,1-2H3. The molecule has 0 saturated heterocycles. The molecule has 0 aliphatic carbocycles. The average molecular weight is 376 g/mol. The quantitative estimate of drug-likeness (QED) is 0.390. The van der Waals surface area contributed by atoms with Crippen molar-refractivity contribution >= 4 is 23.3 Å². The van der Waals surface area contributed by atoms with Crippen molar-refractivity contribution in [3.05, 3.63) is 58.3 Å². The van der Waals surface area contributed by atoms with Gasteiger partial charge in [-0.3, -0.25) is 10.1 Å². The lowest BCUT2D eigenvalue weighted by Gasteiger charge is -2.18. The number of hydrogen-bond acceptors (Lipinski definition) is 7. The van der Waals surface area contributed by atoms with Gasteiger partial charge < -0.3 is 14.4 Å². The first kappa shape index (κ1) is 20.1. The number of nitrogens with one attached hydrogen (secondary N) is 1. The van der Waals surface area contributed by atoms with Crippen LogP contribution in [0.25, 0.3) is 0 Å². The summed E-state index contributed by atoms with van der Waals surface area (Å²) in [7, 11) is 3.85. The number of benzene rings is 1. The second-order valence-electron chi connectivity index (χ2n) is 5.94. The number of rotatable bonds is 10. The fourth-order valence-electron chi connectivity index (χ4n) is 2.24. The summed E-state index contributed by atoms with van der Waals surface area (Å²) in [6.45, 7) is 1.36. The largest absolute Gasteiger partial charge is 0.464 e. The predicted molar refractivity (Wildman–Crippen MR) is 101 cm³/mol. The first-order valence-corrected chi connectivity index (χ1v) is 9.23. The Morgan fingerprint density at radius 1 is 1.12 bits per heavy atom. The molecule has 0 radical (unpaired) electrons. The minimum absolute atomic E-state index is 0.0328. The van der Waals surface area contributed by atoms with E-state index in [0.717, 1.165) is 5.56 Å². The van der Waals surface area contributed by atoms with Crippen LogP contribution in [0, 0.1) is 0 Å². The van der Waals surface area contributed by atoms with Crippen molar-refractivity contribution in [2.75, 3.05) is 40.5 Å². The first-order chi connectivity index (χ1) is 12.6. The second kappa shape index (κ2) is 10.7. The topological polar surface area (TPSA) is 67.9 Å². The fraction of sp³-hybridized carbons (Fsp3) is 0.368. The molecule has 0 amide bonds. The molecule has 0 spiro atoms. The molecule has 26 heavy (non-hydrogen) atoms. The zero-order chi connectivity index (χ0) is 18.8. The van der Waals surface area contributed by atoms with Crippen LogP contribution >= 0.6 is 11.3 Å². The van der Waals surface area contributed by atoms with Crippen molar-refractivity contribution in [3.63, 3.8) is 0 Å². The maximum absolute atomic E-state index is 12.5. The average Bonchev–Trinajstić information content (AvgIpc) is 3.16. The third-order valence-corrected chi connectivity index (χ3v) is 4.50. The highest BCUT2D eigenvalue weighted by Gasteiger charge is 2.22. The number of carbonyl (C=O) groups is 2. The van der Waals surface area contributed by atoms with Gasteiger partial charge in [-0.05, 0) is 31.1 Å². The highest BCUT2D eigenvalue weighted by atomic mass is 32.1. The first-order valence-electron chi connectivity index (χ1n) is 8.35. The molecular weight excluding hydrogens is 352 g/mol. The summed E-state index contributed by atoms with van der Waals surface area (Å²) in [6, 6.07) is 12.9. The van der Waals surface area contributed by atoms with Crippen molar-refractivity contribution in [1.82, 2.24) is 10.2 Å². The van der Waals surface area contributed by atoms with E-state index in [-0.39, 0.29) is 18.7 Å². The minimum Gasteiger partial charge on any atom is -0.464 e. The second-order valence-corrected chi connectivity index (χ2v) is 6.89. The van der Waals surface area contributed by atoms with E-state index < -0.39 is 5.92 Å². The Hall–Kier alpha value is -2.22. The maximum Gasteiger partial charge on any atom is 0.349 e. The van der Waals surface area contributed by atoms with Crippen LogP contribution in [0.15, 0.2) is 47.8 Å². The number of likely N-dealkylation sites (N-methyl/N-ethyl adjacent to an activating group) is 1. The maximum atomic E-state index is 12.5. The molecule has 7 heteroatoms. The van der Waals surface area contributed by atoms with Crippen molar-refractivity contribution in [3.8, 4) is 0 Å². The summed E-state index contributed by atoms with van der Waals surface area (Å²) in [5.74, 6) is -1.13. The van der Waals surface area contributed by atoms with E-state index >= 15 is 0 Å². The van der Waals surface area contributed by atoms with Gasteiger partial charge in [-0.25, -0.2) is 4.79 Å². The van der Waals surface area contributed by atoms with Crippen LogP contribution in [0.3, 0.4) is 0 Å². The molecule has 140 valence electrons. The zero-order valence-electron chi connectivity index (χ0n) is 15.0. The lowest BCUT2D eigenvalue weighted by molar-refractivity contribution is -0.145. The Labute approximate surface area is 157 Å². The highest BCUT2D eigenvalue weighted by molar-refractivity contribution is 7.11. The van der Waals surface area contributed by atoms with Crippen LogP contribution in [0.1, 0.15) is 21.2 Å². The van der Waals surface area contributed by atoms with E-state index in [9.17, 15) is 9.59 Å². The Kier molecular flexibility index (Phi) is 8.27. The van der Waals surface area contributed by atoms with Crippen LogP contribution in [-0.4, -0.2) is 57.4 Å². The van der Waals surface area contributed by atoms with Crippen LogP contribution in [-0.2, 0) is 14.3 Å². The molecule has 1 atom stereocenters. The normalized spacial score (nSPS) is 12.0. The van der Waals surface area contributed by atoms with E-state index in [1.807, 2.05) is 54.7 Å².